The van der Waals surface area contributed by atoms with E-state index < -0.39 is 15.7 Å². The van der Waals surface area contributed by atoms with Crippen LogP contribution in [0.25, 0.3) is 11.4 Å². The van der Waals surface area contributed by atoms with Crippen molar-refractivity contribution in [2.75, 3.05) is 37.8 Å². The van der Waals surface area contributed by atoms with Gasteiger partial charge in [0.2, 0.25) is 5.95 Å². The molecule has 51 heavy (non-hydrogen) atoms. The van der Waals surface area contributed by atoms with Gasteiger partial charge in [0.15, 0.2) is 27.2 Å². The number of hydrogen-bond donors (Lipinski definition) is 1. The number of nitrogens with zero attached hydrogens (tertiary/aromatic N) is 7. The van der Waals surface area contributed by atoms with Crippen molar-refractivity contribution in [2.45, 2.75) is 24.9 Å². The molecule has 0 fully saturated rings. The van der Waals surface area contributed by atoms with E-state index in [0.717, 1.165) is 34.9 Å². The topological polar surface area (TPSA) is 139 Å². The molecule has 6 rings (SSSR count). The van der Waals surface area contributed by atoms with Crippen LogP contribution in [0.4, 0.5) is 27.7 Å². The van der Waals surface area contributed by atoms with Gasteiger partial charge in [0.25, 0.3) is 0 Å². The van der Waals surface area contributed by atoms with Crippen molar-refractivity contribution in [3.05, 3.63) is 108 Å². The van der Waals surface area contributed by atoms with E-state index in [2.05, 4.69) is 10.4 Å². The lowest BCUT2D eigenvalue weighted by molar-refractivity contribution is 0.412. The van der Waals surface area contributed by atoms with Crippen LogP contribution in [-0.4, -0.2) is 65.5 Å². The molecule has 0 atom stereocenters. The highest BCUT2D eigenvalue weighted by molar-refractivity contribution is 7.90. The van der Waals surface area contributed by atoms with Crippen LogP contribution in [0.5, 0.6) is 17.2 Å². The SMILES string of the molecule is COc1ccc(CN(c2cc(C)n(Cc3ccc(OC)cc3)n2)c2nc(Nc3ccc(S(C)(=O)=O)cc3F)nc(-c3ccn(C)n3)c2OC)cc1. The van der Waals surface area contributed by atoms with Gasteiger partial charge in [-0.1, -0.05) is 24.3 Å². The predicted molar refractivity (Wildman–Crippen MR) is 191 cm³/mol. The molecule has 3 aromatic carbocycles. The quantitative estimate of drug-likeness (QED) is 0.149. The van der Waals surface area contributed by atoms with Crippen LogP contribution < -0.4 is 24.4 Å². The van der Waals surface area contributed by atoms with Gasteiger partial charge >= 0.3 is 0 Å². The summed E-state index contributed by atoms with van der Waals surface area (Å²) in [5, 5.41) is 12.5. The molecule has 0 unspecified atom stereocenters. The number of sulfone groups is 1. The smallest absolute Gasteiger partial charge is 0.230 e. The molecule has 0 aliphatic carbocycles. The molecule has 6 aromatic rings. The average molecular weight is 713 g/mol. The van der Waals surface area contributed by atoms with Crippen LogP contribution >= 0.6 is 0 Å². The summed E-state index contributed by atoms with van der Waals surface area (Å²) in [7, 11) is 2.91. The highest BCUT2D eigenvalue weighted by atomic mass is 32.2. The second-order valence-electron chi connectivity index (χ2n) is 11.8. The Labute approximate surface area is 295 Å². The van der Waals surface area contributed by atoms with Gasteiger partial charge in [-0.3, -0.25) is 9.36 Å². The van der Waals surface area contributed by atoms with E-state index in [1.807, 2.05) is 71.1 Å². The third kappa shape index (κ3) is 7.78. The van der Waals surface area contributed by atoms with Gasteiger partial charge < -0.3 is 24.4 Å². The molecule has 264 valence electrons. The Bertz CT molecular complexity index is 2270. The number of nitrogens with one attached hydrogen (secondary N) is 1. The molecule has 0 aliphatic rings. The van der Waals surface area contributed by atoms with Crippen molar-refractivity contribution < 1.29 is 27.0 Å². The number of aryl methyl sites for hydroxylation is 2. The highest BCUT2D eigenvalue weighted by Crippen LogP contribution is 2.40. The first-order valence-corrected chi connectivity index (χ1v) is 17.7. The minimum Gasteiger partial charge on any atom is -0.497 e. The molecule has 15 heteroatoms. The number of aromatic nitrogens is 6. The number of rotatable bonds is 13. The van der Waals surface area contributed by atoms with Gasteiger partial charge in [-0.2, -0.15) is 15.2 Å². The van der Waals surface area contributed by atoms with E-state index in [9.17, 15) is 8.42 Å². The summed E-state index contributed by atoms with van der Waals surface area (Å²) in [5.41, 5.74) is 3.64. The number of hydrogen-bond acceptors (Lipinski definition) is 11. The van der Waals surface area contributed by atoms with Gasteiger partial charge in [0.1, 0.15) is 28.7 Å². The molecular formula is C36H37FN8O5S. The van der Waals surface area contributed by atoms with Gasteiger partial charge in [-0.25, -0.2) is 17.8 Å². The van der Waals surface area contributed by atoms with Crippen molar-refractivity contribution in [3.63, 3.8) is 0 Å². The molecule has 0 spiro atoms. The number of anilines is 4. The molecule has 3 aromatic heterocycles. The van der Waals surface area contributed by atoms with Gasteiger partial charge in [-0.05, 0) is 66.6 Å². The number of ether oxygens (including phenoxy) is 3. The van der Waals surface area contributed by atoms with E-state index in [4.69, 9.17) is 29.3 Å². The van der Waals surface area contributed by atoms with Crippen molar-refractivity contribution >= 4 is 33.1 Å². The summed E-state index contributed by atoms with van der Waals surface area (Å²) in [5.74, 6) is 1.90. The molecule has 13 nitrogen and oxygen atoms in total. The summed E-state index contributed by atoms with van der Waals surface area (Å²) < 4.78 is 59.7. The van der Waals surface area contributed by atoms with Crippen molar-refractivity contribution in [3.8, 4) is 28.6 Å². The van der Waals surface area contributed by atoms with Crippen LogP contribution in [0.1, 0.15) is 16.8 Å². The van der Waals surface area contributed by atoms with E-state index in [1.165, 1.54) is 19.2 Å². The van der Waals surface area contributed by atoms with Crippen LogP contribution in [0.2, 0.25) is 0 Å². The minimum atomic E-state index is -3.63. The standard InChI is InChI=1S/C36H37FN8O5S/c1-23-19-32(42-45(23)22-25-9-13-27(49-4)14-10-25)44(21-24-7-11-26(48-3)12-8-24)35-34(50-5)33(31-17-18-43(2)41-31)39-36(40-35)38-30-16-15-28(20-29(30)37)51(6,46)47/h7-20H,21-22H2,1-6H3,(H,38,39,40). The lowest BCUT2D eigenvalue weighted by atomic mass is 10.2. The molecule has 0 aliphatic heterocycles. The fourth-order valence-corrected chi connectivity index (χ4v) is 6.03. The minimum absolute atomic E-state index is 0.0200. The first-order chi connectivity index (χ1) is 24.4. The maximum absolute atomic E-state index is 15.3. The summed E-state index contributed by atoms with van der Waals surface area (Å²) in [6.07, 6.45) is 2.79. The average Bonchev–Trinajstić information content (AvgIpc) is 3.72. The third-order valence-corrected chi connectivity index (χ3v) is 9.23. The zero-order chi connectivity index (χ0) is 36.3. The largest absolute Gasteiger partial charge is 0.497 e. The predicted octanol–water partition coefficient (Wildman–Crippen LogP) is 6.08. The Morgan fingerprint density at radius 3 is 2.08 bits per heavy atom. The highest BCUT2D eigenvalue weighted by Gasteiger charge is 2.27. The second kappa shape index (κ2) is 14.5. The number of halogens is 1. The molecule has 0 saturated heterocycles. The van der Waals surface area contributed by atoms with Crippen LogP contribution in [0.15, 0.2) is 90.0 Å². The molecule has 1 N–H and O–H groups in total. The van der Waals surface area contributed by atoms with E-state index in [-0.39, 0.29) is 16.5 Å². The monoisotopic (exact) mass is 712 g/mol. The second-order valence-corrected chi connectivity index (χ2v) is 13.8. The lowest BCUT2D eigenvalue weighted by Gasteiger charge is -2.25. The van der Waals surface area contributed by atoms with Crippen molar-refractivity contribution in [1.29, 1.82) is 0 Å². The van der Waals surface area contributed by atoms with Crippen LogP contribution in [0.3, 0.4) is 0 Å². The van der Waals surface area contributed by atoms with Crippen molar-refractivity contribution in [1.82, 2.24) is 29.5 Å². The maximum atomic E-state index is 15.3. The van der Waals surface area contributed by atoms with Crippen LogP contribution in [-0.2, 0) is 30.0 Å². The fraction of sp³-hybridized carbons (Fsp3) is 0.222. The van der Waals surface area contributed by atoms with Gasteiger partial charge in [0.05, 0.1) is 45.0 Å². The van der Waals surface area contributed by atoms with E-state index >= 15 is 4.39 Å². The fourth-order valence-electron chi connectivity index (χ4n) is 5.40. The molecular weight excluding hydrogens is 676 g/mol. The molecule has 0 amide bonds. The summed E-state index contributed by atoms with van der Waals surface area (Å²) in [6.45, 7) is 2.77. The normalized spacial score (nSPS) is 11.4. The Balaban J connectivity index is 1.50. The Morgan fingerprint density at radius 1 is 0.843 bits per heavy atom. The molecule has 3 heterocycles. The number of benzene rings is 3. The zero-order valence-electron chi connectivity index (χ0n) is 29.0. The molecule has 0 saturated carbocycles. The Morgan fingerprint density at radius 2 is 1.51 bits per heavy atom. The molecule has 0 radical (unpaired) electrons. The summed E-state index contributed by atoms with van der Waals surface area (Å²) in [4.78, 5) is 11.3. The summed E-state index contributed by atoms with van der Waals surface area (Å²) in [6, 6.07) is 22.7. The third-order valence-electron chi connectivity index (χ3n) is 8.11. The van der Waals surface area contributed by atoms with E-state index in [1.54, 1.807) is 38.2 Å². The zero-order valence-corrected chi connectivity index (χ0v) is 29.8. The Kier molecular flexibility index (Phi) is 9.91. The first kappa shape index (κ1) is 34.9. The van der Waals surface area contributed by atoms with Crippen molar-refractivity contribution in [2.24, 2.45) is 7.05 Å². The lowest BCUT2D eigenvalue weighted by Crippen LogP contribution is -2.21. The maximum Gasteiger partial charge on any atom is 0.230 e. The molecule has 0 bridgehead atoms. The number of methoxy groups -OCH3 is 3. The van der Waals surface area contributed by atoms with Crippen LogP contribution in [0, 0.1) is 12.7 Å². The summed E-state index contributed by atoms with van der Waals surface area (Å²) >= 11 is 0. The van der Waals surface area contributed by atoms with E-state index in [0.29, 0.717) is 47.6 Å². The first-order valence-electron chi connectivity index (χ1n) is 15.8. The Hall–Kier alpha value is -5.96. The van der Waals surface area contributed by atoms with Gasteiger partial charge in [-0.15, -0.1) is 0 Å². The van der Waals surface area contributed by atoms with Gasteiger partial charge in [0, 0.05) is 31.3 Å².